The minimum absolute atomic E-state index is 0.00327. The molecule has 0 radical (unpaired) electrons. The molecular weight excluding hydrogens is 262 g/mol. The van der Waals surface area contributed by atoms with E-state index >= 15 is 0 Å². The number of carbonyl (C=O) groups is 1. The van der Waals surface area contributed by atoms with Crippen LogP contribution in [0.1, 0.15) is 37.3 Å². The Hall–Kier alpha value is -1.06. The van der Waals surface area contributed by atoms with Gasteiger partial charge in [-0.2, -0.15) is 0 Å². The van der Waals surface area contributed by atoms with Gasteiger partial charge < -0.3 is 5.11 Å². The van der Waals surface area contributed by atoms with E-state index in [9.17, 15) is 4.79 Å². The van der Waals surface area contributed by atoms with Crippen molar-refractivity contribution in [3.63, 3.8) is 0 Å². The number of alkyl halides is 1. The van der Waals surface area contributed by atoms with Gasteiger partial charge in [-0.15, -0.1) is 11.6 Å². The zero-order valence-electron chi connectivity index (χ0n) is 12.0. The van der Waals surface area contributed by atoms with E-state index < -0.39 is 5.97 Å². The molecule has 0 aliphatic rings. The van der Waals surface area contributed by atoms with Crippen molar-refractivity contribution in [2.45, 2.75) is 31.6 Å². The molecule has 4 heteroatoms. The van der Waals surface area contributed by atoms with Crippen molar-refractivity contribution in [3.8, 4) is 0 Å². The molecule has 0 fully saturated rings. The summed E-state index contributed by atoms with van der Waals surface area (Å²) in [7, 11) is 1.76. The molecule has 0 saturated heterocycles. The summed E-state index contributed by atoms with van der Waals surface area (Å²) in [6.07, 6.45) is 0. The van der Waals surface area contributed by atoms with Gasteiger partial charge in [0.05, 0.1) is 11.9 Å². The molecule has 1 atom stereocenters. The molecule has 0 spiro atoms. The summed E-state index contributed by atoms with van der Waals surface area (Å²) in [4.78, 5) is 12.3. The van der Waals surface area contributed by atoms with Gasteiger partial charge in [0.2, 0.25) is 0 Å². The van der Waals surface area contributed by atoms with Crippen LogP contribution in [0.3, 0.4) is 0 Å². The molecule has 1 aromatic rings. The van der Waals surface area contributed by atoms with E-state index in [2.05, 4.69) is 32.9 Å². The zero-order chi connectivity index (χ0) is 14.6. The van der Waals surface area contributed by atoms with Gasteiger partial charge in [-0.3, -0.25) is 9.69 Å². The first-order chi connectivity index (χ1) is 8.70. The largest absolute Gasteiger partial charge is 0.480 e. The van der Waals surface area contributed by atoms with Gasteiger partial charge in [-0.05, 0) is 23.6 Å². The first kappa shape index (κ1) is 16.0. The smallest absolute Gasteiger partial charge is 0.317 e. The Labute approximate surface area is 120 Å². The Morgan fingerprint density at radius 2 is 1.84 bits per heavy atom. The van der Waals surface area contributed by atoms with E-state index in [1.807, 2.05) is 12.1 Å². The summed E-state index contributed by atoms with van der Waals surface area (Å²) in [5, 5.41) is 8.51. The number of aliphatic carboxylic acids is 1. The van der Waals surface area contributed by atoms with Crippen LogP contribution in [0.2, 0.25) is 0 Å². The Balaban J connectivity index is 2.68. The quantitative estimate of drug-likeness (QED) is 0.843. The number of carboxylic acids is 1. The normalized spacial score (nSPS) is 13.6. The van der Waals surface area contributed by atoms with Crippen molar-refractivity contribution in [2.75, 3.05) is 20.1 Å². The molecule has 0 aliphatic heterocycles. The number of likely N-dealkylation sites (N-methyl/N-ethyl adjacent to an activating group) is 1. The van der Waals surface area contributed by atoms with Crippen LogP contribution in [-0.2, 0) is 10.2 Å². The van der Waals surface area contributed by atoms with Crippen LogP contribution in [0.25, 0.3) is 0 Å². The van der Waals surface area contributed by atoms with Gasteiger partial charge in [-0.1, -0.05) is 45.0 Å². The van der Waals surface area contributed by atoms with Crippen LogP contribution < -0.4 is 0 Å². The highest BCUT2D eigenvalue weighted by atomic mass is 35.5. The van der Waals surface area contributed by atoms with E-state index in [1.165, 1.54) is 5.56 Å². The summed E-state index contributed by atoms with van der Waals surface area (Å²) < 4.78 is 0. The van der Waals surface area contributed by atoms with Crippen molar-refractivity contribution in [3.05, 3.63) is 35.4 Å². The highest BCUT2D eigenvalue weighted by Gasteiger charge is 2.16. The maximum atomic E-state index is 10.6. The minimum Gasteiger partial charge on any atom is -0.480 e. The minimum atomic E-state index is -0.838. The molecule has 0 bridgehead atoms. The second-order valence-corrected chi connectivity index (χ2v) is 6.46. The Bertz CT molecular complexity index is 423. The fourth-order valence-corrected chi connectivity index (χ4v) is 2.25. The van der Waals surface area contributed by atoms with E-state index in [0.29, 0.717) is 6.54 Å². The SMILES string of the molecule is CN(CC(=O)O)CC(Cl)c1ccc(C(C)(C)C)cc1. The van der Waals surface area contributed by atoms with Crippen LogP contribution >= 0.6 is 11.6 Å². The molecular formula is C15H22ClNO2. The third-order valence-corrected chi connectivity index (χ3v) is 3.41. The summed E-state index contributed by atoms with van der Waals surface area (Å²) in [5.74, 6) is -0.838. The number of halogens is 1. The van der Waals surface area contributed by atoms with Crippen molar-refractivity contribution in [2.24, 2.45) is 0 Å². The highest BCUT2D eigenvalue weighted by molar-refractivity contribution is 6.21. The average molecular weight is 284 g/mol. The van der Waals surface area contributed by atoms with Crippen LogP contribution in [0.15, 0.2) is 24.3 Å². The summed E-state index contributed by atoms with van der Waals surface area (Å²) >= 11 is 6.32. The number of hydrogen-bond donors (Lipinski definition) is 1. The van der Waals surface area contributed by atoms with Crippen LogP contribution in [0.5, 0.6) is 0 Å². The lowest BCUT2D eigenvalue weighted by Gasteiger charge is -2.21. The average Bonchev–Trinajstić information content (AvgIpc) is 2.26. The van der Waals surface area contributed by atoms with Crippen molar-refractivity contribution < 1.29 is 9.90 Å². The predicted molar refractivity (Wildman–Crippen MR) is 78.9 cm³/mol. The summed E-state index contributed by atoms with van der Waals surface area (Å²) in [6, 6.07) is 8.21. The van der Waals surface area contributed by atoms with Crippen LogP contribution in [0, 0.1) is 0 Å². The number of rotatable bonds is 5. The van der Waals surface area contributed by atoms with Crippen LogP contribution in [-0.4, -0.2) is 36.1 Å². The lowest BCUT2D eigenvalue weighted by Crippen LogP contribution is -2.28. The first-order valence-electron chi connectivity index (χ1n) is 6.35. The maximum Gasteiger partial charge on any atom is 0.317 e. The van der Waals surface area contributed by atoms with E-state index in [1.54, 1.807) is 11.9 Å². The molecule has 1 N–H and O–H groups in total. The number of carboxylic acid groups (broad SMARTS) is 1. The molecule has 106 valence electrons. The second kappa shape index (κ2) is 6.40. The molecule has 19 heavy (non-hydrogen) atoms. The molecule has 0 aliphatic carbocycles. The van der Waals surface area contributed by atoms with E-state index in [0.717, 1.165) is 5.56 Å². The van der Waals surface area contributed by atoms with Gasteiger partial charge in [0.1, 0.15) is 0 Å². The zero-order valence-corrected chi connectivity index (χ0v) is 12.7. The molecule has 1 rings (SSSR count). The fourth-order valence-electron chi connectivity index (χ4n) is 1.87. The van der Waals surface area contributed by atoms with Crippen LogP contribution in [0.4, 0.5) is 0 Å². The van der Waals surface area contributed by atoms with Crippen molar-refractivity contribution in [1.29, 1.82) is 0 Å². The van der Waals surface area contributed by atoms with Gasteiger partial charge in [0.25, 0.3) is 0 Å². The molecule has 0 heterocycles. The summed E-state index contributed by atoms with van der Waals surface area (Å²) in [6.45, 7) is 7.02. The molecule has 0 aromatic heterocycles. The topological polar surface area (TPSA) is 40.5 Å². The maximum absolute atomic E-state index is 10.6. The monoisotopic (exact) mass is 283 g/mol. The lowest BCUT2D eigenvalue weighted by molar-refractivity contribution is -0.137. The fraction of sp³-hybridized carbons (Fsp3) is 0.533. The van der Waals surface area contributed by atoms with Gasteiger partial charge in [0.15, 0.2) is 0 Å². The van der Waals surface area contributed by atoms with Crippen molar-refractivity contribution in [1.82, 2.24) is 4.90 Å². The molecule has 1 unspecified atom stereocenters. The first-order valence-corrected chi connectivity index (χ1v) is 6.78. The van der Waals surface area contributed by atoms with Crippen molar-refractivity contribution >= 4 is 17.6 Å². The molecule has 0 amide bonds. The van der Waals surface area contributed by atoms with E-state index in [4.69, 9.17) is 16.7 Å². The molecule has 1 aromatic carbocycles. The Morgan fingerprint density at radius 1 is 1.32 bits per heavy atom. The highest BCUT2D eigenvalue weighted by Crippen LogP contribution is 2.26. The third kappa shape index (κ3) is 5.21. The number of nitrogens with zero attached hydrogens (tertiary/aromatic N) is 1. The predicted octanol–water partition coefficient (Wildman–Crippen LogP) is 3.28. The molecule has 0 saturated carbocycles. The van der Waals surface area contributed by atoms with Gasteiger partial charge in [-0.25, -0.2) is 0 Å². The standard InChI is InChI=1S/C15H22ClNO2/c1-15(2,3)12-7-5-11(6-8-12)13(16)9-17(4)10-14(18)19/h5-8,13H,9-10H2,1-4H3,(H,18,19). The van der Waals surface area contributed by atoms with E-state index in [-0.39, 0.29) is 17.3 Å². The summed E-state index contributed by atoms with van der Waals surface area (Å²) in [5.41, 5.74) is 2.41. The molecule has 3 nitrogen and oxygen atoms in total. The lowest BCUT2D eigenvalue weighted by atomic mass is 9.86. The third-order valence-electron chi connectivity index (χ3n) is 3.02. The number of hydrogen-bond acceptors (Lipinski definition) is 2. The Morgan fingerprint density at radius 3 is 2.26 bits per heavy atom. The number of benzene rings is 1. The Kier molecular flexibility index (Phi) is 5.39. The van der Waals surface area contributed by atoms with Gasteiger partial charge >= 0.3 is 5.97 Å². The second-order valence-electron chi connectivity index (χ2n) is 5.93. The van der Waals surface area contributed by atoms with Gasteiger partial charge in [0, 0.05) is 6.54 Å².